The lowest BCUT2D eigenvalue weighted by Gasteiger charge is -2.31. The van der Waals surface area contributed by atoms with Gasteiger partial charge < -0.3 is 20.0 Å². The summed E-state index contributed by atoms with van der Waals surface area (Å²) >= 11 is 0. The highest BCUT2D eigenvalue weighted by Gasteiger charge is 2.32. The van der Waals surface area contributed by atoms with Crippen LogP contribution in [0.25, 0.3) is 0 Å². The van der Waals surface area contributed by atoms with Crippen LogP contribution in [0, 0.1) is 24.5 Å². The Balaban J connectivity index is 1.78. The molecule has 8 nitrogen and oxygen atoms in total. The Kier molecular flexibility index (Phi) is 13.5. The number of hydrogen-bond donors (Lipinski definition) is 3. The molecule has 0 saturated heterocycles. The summed E-state index contributed by atoms with van der Waals surface area (Å²) in [7, 11) is 0. The second kappa shape index (κ2) is 16.8. The molecule has 1 saturated carbocycles. The first kappa shape index (κ1) is 34.6. The zero-order valence-electron chi connectivity index (χ0n) is 25.8. The largest absolute Gasteiger partial charge is 0.389 e. The van der Waals surface area contributed by atoms with Crippen LogP contribution in [-0.2, 0) is 11.3 Å². The van der Waals surface area contributed by atoms with Gasteiger partial charge >= 0.3 is 0 Å². The molecule has 0 bridgehead atoms. The first-order valence-electron chi connectivity index (χ1n) is 15.4. The number of aliphatic hydroxyl groups is 2. The Bertz CT molecular complexity index is 1180. The first-order chi connectivity index (χ1) is 20.5. The lowest BCUT2D eigenvalue weighted by Crippen LogP contribution is -2.49. The van der Waals surface area contributed by atoms with Crippen LogP contribution >= 0.6 is 0 Å². The number of carbonyl (C=O) groups excluding carboxylic acids is 2. The van der Waals surface area contributed by atoms with Gasteiger partial charge in [0, 0.05) is 49.8 Å². The summed E-state index contributed by atoms with van der Waals surface area (Å²) < 4.78 is 27.9. The van der Waals surface area contributed by atoms with Crippen LogP contribution in [0.3, 0.4) is 0 Å². The van der Waals surface area contributed by atoms with Crippen molar-refractivity contribution in [2.75, 3.05) is 32.7 Å². The molecule has 238 valence electrons. The van der Waals surface area contributed by atoms with Gasteiger partial charge in [0.15, 0.2) is 0 Å². The summed E-state index contributed by atoms with van der Waals surface area (Å²) in [6, 6.07) is 7.81. The van der Waals surface area contributed by atoms with Gasteiger partial charge in [-0.1, -0.05) is 20.8 Å². The number of hydroxylamine groups is 1. The van der Waals surface area contributed by atoms with E-state index in [1.807, 2.05) is 20.8 Å². The van der Waals surface area contributed by atoms with Gasteiger partial charge in [-0.05, 0) is 92.9 Å². The Labute approximate surface area is 254 Å². The molecule has 0 radical (unpaired) electrons. The summed E-state index contributed by atoms with van der Waals surface area (Å²) in [6.45, 7) is 10.8. The molecule has 0 heterocycles. The molecule has 2 aromatic carbocycles. The third-order valence-electron chi connectivity index (χ3n) is 7.50. The summed E-state index contributed by atoms with van der Waals surface area (Å²) in [4.78, 5) is 35.9. The summed E-state index contributed by atoms with van der Waals surface area (Å²) in [5, 5.41) is 22.1. The number of amides is 2. The van der Waals surface area contributed by atoms with E-state index < -0.39 is 35.9 Å². The lowest BCUT2D eigenvalue weighted by atomic mass is 9.99. The summed E-state index contributed by atoms with van der Waals surface area (Å²) in [5.41, 5.74) is 3.80. The molecule has 2 amide bonds. The number of benzene rings is 2. The molecule has 10 heteroatoms. The average Bonchev–Trinajstić information content (AvgIpc) is 3.77. The zero-order chi connectivity index (χ0) is 31.5. The highest BCUT2D eigenvalue weighted by molar-refractivity contribution is 5.99. The predicted molar refractivity (Wildman–Crippen MR) is 162 cm³/mol. The number of rotatable bonds is 18. The third-order valence-corrected chi connectivity index (χ3v) is 7.50. The molecule has 43 heavy (non-hydrogen) atoms. The van der Waals surface area contributed by atoms with Gasteiger partial charge in [-0.15, -0.1) is 0 Å². The topological polar surface area (TPSA) is 102 Å². The second-order valence-corrected chi connectivity index (χ2v) is 11.7. The Hall–Kier alpha value is -2.92. The molecule has 0 aromatic heterocycles. The number of hydrogen-bond acceptors (Lipinski definition) is 6. The van der Waals surface area contributed by atoms with Crippen molar-refractivity contribution < 1.29 is 33.4 Å². The molecule has 0 unspecified atom stereocenters. The van der Waals surface area contributed by atoms with Gasteiger partial charge in [0.1, 0.15) is 23.8 Å². The minimum absolute atomic E-state index is 0.172. The molecule has 3 atom stereocenters. The molecular formula is C33H47F2N3O5. The van der Waals surface area contributed by atoms with Crippen molar-refractivity contribution in [3.05, 3.63) is 70.3 Å². The number of nitrogens with zero attached hydrogens (tertiary/aromatic N) is 2. The maximum absolute atomic E-state index is 14.0. The zero-order valence-corrected chi connectivity index (χ0v) is 25.8. The molecule has 1 aliphatic rings. The van der Waals surface area contributed by atoms with Gasteiger partial charge in [-0.25, -0.2) is 14.3 Å². The quantitative estimate of drug-likeness (QED) is 0.215. The van der Waals surface area contributed by atoms with Crippen molar-refractivity contribution in [2.45, 2.75) is 84.5 Å². The van der Waals surface area contributed by atoms with Gasteiger partial charge in [-0.2, -0.15) is 0 Å². The highest BCUT2D eigenvalue weighted by atomic mass is 19.1. The molecule has 1 fully saturated rings. The molecular weight excluding hydrogens is 556 g/mol. The molecule has 1 aliphatic carbocycles. The van der Waals surface area contributed by atoms with Crippen molar-refractivity contribution in [2.24, 2.45) is 5.92 Å². The van der Waals surface area contributed by atoms with Crippen LogP contribution in [0.2, 0.25) is 0 Å². The number of aliphatic hydroxyl groups excluding tert-OH is 2. The maximum Gasteiger partial charge on any atom is 0.274 e. The molecule has 2 aromatic rings. The van der Waals surface area contributed by atoms with Crippen molar-refractivity contribution in [1.29, 1.82) is 0 Å². The highest BCUT2D eigenvalue weighted by Crippen LogP contribution is 2.30. The fourth-order valence-electron chi connectivity index (χ4n) is 5.32. The van der Waals surface area contributed by atoms with Crippen molar-refractivity contribution in [1.82, 2.24) is 15.3 Å². The number of carbonyl (C=O) groups is 2. The lowest BCUT2D eigenvalue weighted by molar-refractivity contribution is -0.118. The normalized spacial score (nSPS) is 15.3. The van der Waals surface area contributed by atoms with Gasteiger partial charge in [0.25, 0.3) is 11.8 Å². The summed E-state index contributed by atoms with van der Waals surface area (Å²) in [5.74, 6) is -1.82. The van der Waals surface area contributed by atoms with E-state index in [9.17, 15) is 28.6 Å². The minimum Gasteiger partial charge on any atom is -0.389 e. The SMILES string of the molecule is CCCN(CC1CC1)C[C@@H](O)[C@@H](O)[C@H](Cc1cc(F)cc(F)c1)ONC(=O)c1cc(C)cc(C(=O)N(CCC)CCC)c1. The Morgan fingerprint density at radius 3 is 2.12 bits per heavy atom. The van der Waals surface area contributed by atoms with E-state index in [4.69, 9.17) is 4.84 Å². The second-order valence-electron chi connectivity index (χ2n) is 11.7. The molecule has 3 N–H and O–H groups in total. The van der Waals surface area contributed by atoms with Crippen LogP contribution in [-0.4, -0.2) is 82.9 Å². The van der Waals surface area contributed by atoms with E-state index in [2.05, 4.69) is 10.4 Å². The number of halogens is 2. The minimum atomic E-state index is -1.48. The number of nitrogens with one attached hydrogen (secondary N) is 1. The Morgan fingerprint density at radius 1 is 0.930 bits per heavy atom. The van der Waals surface area contributed by atoms with Gasteiger partial charge in [0.05, 0.1) is 6.10 Å². The van der Waals surface area contributed by atoms with Crippen LogP contribution in [0.4, 0.5) is 8.78 Å². The van der Waals surface area contributed by atoms with Crippen LogP contribution in [0.1, 0.15) is 84.7 Å². The van der Waals surface area contributed by atoms with E-state index in [-0.39, 0.29) is 30.0 Å². The van der Waals surface area contributed by atoms with Crippen LogP contribution < -0.4 is 5.48 Å². The van der Waals surface area contributed by atoms with E-state index in [0.29, 0.717) is 30.1 Å². The standard InChI is InChI=1S/C33H47F2N3O5/c1-5-10-37(20-23-8-9-23)21-29(39)31(40)30(17-24-15-27(34)19-28(35)16-24)43-36-32(41)25-13-22(4)14-26(18-25)33(42)38(11-6-2)12-7-3/h13-16,18-19,23,29-31,39-40H,5-12,17,20-21H2,1-4H3,(H,36,41)/t29-,30+,31-/m1/s1. The van der Waals surface area contributed by atoms with E-state index >= 15 is 0 Å². The van der Waals surface area contributed by atoms with Crippen LogP contribution in [0.15, 0.2) is 36.4 Å². The summed E-state index contributed by atoms with van der Waals surface area (Å²) in [6.07, 6.45) is 0.662. The molecule has 0 spiro atoms. The van der Waals surface area contributed by atoms with Crippen molar-refractivity contribution in [3.63, 3.8) is 0 Å². The smallest absolute Gasteiger partial charge is 0.274 e. The van der Waals surface area contributed by atoms with Crippen LogP contribution in [0.5, 0.6) is 0 Å². The number of aryl methyl sites for hydroxylation is 1. The monoisotopic (exact) mass is 603 g/mol. The first-order valence-corrected chi connectivity index (χ1v) is 15.4. The van der Waals surface area contributed by atoms with E-state index in [1.54, 1.807) is 24.0 Å². The van der Waals surface area contributed by atoms with Crippen molar-refractivity contribution in [3.8, 4) is 0 Å². The third kappa shape index (κ3) is 10.9. The Morgan fingerprint density at radius 2 is 1.53 bits per heavy atom. The van der Waals surface area contributed by atoms with Gasteiger partial charge in [0.2, 0.25) is 0 Å². The van der Waals surface area contributed by atoms with Crippen molar-refractivity contribution >= 4 is 11.8 Å². The average molecular weight is 604 g/mol. The van der Waals surface area contributed by atoms with Gasteiger partial charge in [-0.3, -0.25) is 14.4 Å². The predicted octanol–water partition coefficient (Wildman–Crippen LogP) is 4.65. The molecule has 3 rings (SSSR count). The fraction of sp³-hybridized carbons (Fsp3) is 0.576. The van der Waals surface area contributed by atoms with E-state index in [1.165, 1.54) is 6.07 Å². The fourth-order valence-corrected chi connectivity index (χ4v) is 5.32. The molecule has 0 aliphatic heterocycles. The van der Waals surface area contributed by atoms with E-state index in [0.717, 1.165) is 63.4 Å². The maximum atomic E-state index is 14.0.